The van der Waals surface area contributed by atoms with Gasteiger partial charge in [0.05, 0.1) is 14.2 Å². The van der Waals surface area contributed by atoms with E-state index < -0.39 is 12.0 Å². The molecule has 1 atom stereocenters. The first-order valence-electron chi connectivity index (χ1n) is 6.98. The van der Waals surface area contributed by atoms with Crippen molar-refractivity contribution in [1.29, 1.82) is 0 Å². The molecule has 1 aromatic rings. The molecule has 1 unspecified atom stereocenters. The third-order valence-corrected chi connectivity index (χ3v) is 3.21. The average molecular weight is 293 g/mol. The summed E-state index contributed by atoms with van der Waals surface area (Å²) < 4.78 is 9.84. The molecule has 5 heteroatoms. The summed E-state index contributed by atoms with van der Waals surface area (Å²) in [5, 5.41) is 2.72. The predicted molar refractivity (Wildman–Crippen MR) is 80.1 cm³/mol. The molecule has 0 heterocycles. The van der Waals surface area contributed by atoms with Crippen molar-refractivity contribution >= 4 is 11.9 Å². The lowest BCUT2D eigenvalue weighted by Crippen LogP contribution is -2.45. The first-order valence-corrected chi connectivity index (χ1v) is 6.98. The van der Waals surface area contributed by atoms with Crippen molar-refractivity contribution in [2.24, 2.45) is 5.92 Å². The minimum atomic E-state index is -0.604. The van der Waals surface area contributed by atoms with E-state index in [9.17, 15) is 9.59 Å². The lowest BCUT2D eigenvalue weighted by Gasteiger charge is -2.19. The fourth-order valence-corrected chi connectivity index (χ4v) is 1.96. The molecule has 21 heavy (non-hydrogen) atoms. The fourth-order valence-electron chi connectivity index (χ4n) is 1.96. The van der Waals surface area contributed by atoms with Crippen molar-refractivity contribution in [1.82, 2.24) is 5.32 Å². The zero-order valence-corrected chi connectivity index (χ0v) is 13.0. The SMILES string of the molecule is COC(=O)C(NC(=O)CCc1cccc(OC)c1)C(C)C. The van der Waals surface area contributed by atoms with Gasteiger partial charge in [-0.25, -0.2) is 4.79 Å². The Morgan fingerprint density at radius 3 is 2.52 bits per heavy atom. The molecule has 0 aliphatic heterocycles. The van der Waals surface area contributed by atoms with E-state index in [1.165, 1.54) is 7.11 Å². The summed E-state index contributed by atoms with van der Waals surface area (Å²) in [6.07, 6.45) is 0.905. The van der Waals surface area contributed by atoms with E-state index in [0.29, 0.717) is 12.8 Å². The summed E-state index contributed by atoms with van der Waals surface area (Å²) in [4.78, 5) is 23.5. The van der Waals surface area contributed by atoms with Crippen LogP contribution in [-0.2, 0) is 20.7 Å². The van der Waals surface area contributed by atoms with Crippen LogP contribution in [0.3, 0.4) is 0 Å². The first-order chi connectivity index (χ1) is 9.97. The van der Waals surface area contributed by atoms with Gasteiger partial charge in [0, 0.05) is 6.42 Å². The lowest BCUT2D eigenvalue weighted by atomic mass is 10.0. The van der Waals surface area contributed by atoms with E-state index in [1.807, 2.05) is 38.1 Å². The second-order valence-corrected chi connectivity index (χ2v) is 5.16. The monoisotopic (exact) mass is 293 g/mol. The van der Waals surface area contributed by atoms with Gasteiger partial charge in [-0.1, -0.05) is 26.0 Å². The molecule has 0 aliphatic rings. The Bertz CT molecular complexity index is 485. The van der Waals surface area contributed by atoms with Crippen LogP contribution in [0, 0.1) is 5.92 Å². The molecule has 1 aromatic carbocycles. The molecule has 0 aromatic heterocycles. The molecule has 0 spiro atoms. The number of ether oxygens (including phenoxy) is 2. The molecule has 0 saturated heterocycles. The molecule has 0 aliphatic carbocycles. The fraction of sp³-hybridized carbons (Fsp3) is 0.500. The molecule has 1 N–H and O–H groups in total. The van der Waals surface area contributed by atoms with Gasteiger partial charge in [-0.2, -0.15) is 0 Å². The molecular formula is C16H23NO4. The molecule has 0 saturated carbocycles. The molecular weight excluding hydrogens is 270 g/mol. The Morgan fingerprint density at radius 2 is 1.95 bits per heavy atom. The van der Waals surface area contributed by atoms with Crippen molar-refractivity contribution in [3.05, 3.63) is 29.8 Å². The van der Waals surface area contributed by atoms with Gasteiger partial charge in [-0.3, -0.25) is 4.79 Å². The highest BCUT2D eigenvalue weighted by molar-refractivity contribution is 5.84. The third kappa shape index (κ3) is 5.45. The number of aryl methyl sites for hydroxylation is 1. The second-order valence-electron chi connectivity index (χ2n) is 5.16. The Balaban J connectivity index is 2.54. The summed E-state index contributed by atoms with van der Waals surface area (Å²) in [6.45, 7) is 3.73. The van der Waals surface area contributed by atoms with Crippen LogP contribution >= 0.6 is 0 Å². The molecule has 1 amide bonds. The van der Waals surface area contributed by atoms with E-state index in [-0.39, 0.29) is 11.8 Å². The predicted octanol–water partition coefficient (Wildman–Crippen LogP) is 1.94. The maximum Gasteiger partial charge on any atom is 0.328 e. The van der Waals surface area contributed by atoms with Crippen LogP contribution in [0.25, 0.3) is 0 Å². The van der Waals surface area contributed by atoms with Gasteiger partial charge in [0.2, 0.25) is 5.91 Å². The molecule has 0 radical (unpaired) electrons. The van der Waals surface area contributed by atoms with Gasteiger partial charge in [-0.05, 0) is 30.0 Å². The molecule has 0 bridgehead atoms. The smallest absolute Gasteiger partial charge is 0.328 e. The highest BCUT2D eigenvalue weighted by Crippen LogP contribution is 2.14. The van der Waals surface area contributed by atoms with Crippen molar-refractivity contribution in [3.63, 3.8) is 0 Å². The Labute approximate surface area is 125 Å². The maximum atomic E-state index is 12.0. The molecule has 0 fully saturated rings. The summed E-state index contributed by atoms with van der Waals surface area (Å²) >= 11 is 0. The number of carbonyl (C=O) groups is 2. The minimum absolute atomic E-state index is 0.0155. The summed E-state index contributed by atoms with van der Waals surface area (Å²) in [6, 6.07) is 6.98. The van der Waals surface area contributed by atoms with Gasteiger partial charge in [0.15, 0.2) is 0 Å². The summed E-state index contributed by atoms with van der Waals surface area (Å²) in [7, 11) is 2.93. The average Bonchev–Trinajstić information content (AvgIpc) is 2.49. The van der Waals surface area contributed by atoms with Crippen molar-refractivity contribution in [2.45, 2.75) is 32.7 Å². The van der Waals surface area contributed by atoms with Crippen molar-refractivity contribution < 1.29 is 19.1 Å². The number of benzene rings is 1. The molecule has 5 nitrogen and oxygen atoms in total. The van der Waals surface area contributed by atoms with Crippen LogP contribution in [0.4, 0.5) is 0 Å². The Hall–Kier alpha value is -2.04. The van der Waals surface area contributed by atoms with Gasteiger partial charge in [0.1, 0.15) is 11.8 Å². The van der Waals surface area contributed by atoms with Crippen molar-refractivity contribution in [2.75, 3.05) is 14.2 Å². The first kappa shape index (κ1) is 17.0. The standard InChI is InChI=1S/C16H23NO4/c1-11(2)15(16(19)21-4)17-14(18)9-8-12-6-5-7-13(10-12)20-3/h5-7,10-11,15H,8-9H2,1-4H3,(H,17,18). The van der Waals surface area contributed by atoms with Gasteiger partial charge < -0.3 is 14.8 Å². The Kier molecular flexibility index (Phi) is 6.72. The van der Waals surface area contributed by atoms with E-state index in [2.05, 4.69) is 5.32 Å². The van der Waals surface area contributed by atoms with Gasteiger partial charge in [0.25, 0.3) is 0 Å². The number of methoxy groups -OCH3 is 2. The topological polar surface area (TPSA) is 64.6 Å². The lowest BCUT2D eigenvalue weighted by molar-refractivity contribution is -0.146. The van der Waals surface area contributed by atoms with E-state index >= 15 is 0 Å². The van der Waals surface area contributed by atoms with Crippen LogP contribution in [0.15, 0.2) is 24.3 Å². The van der Waals surface area contributed by atoms with Crippen LogP contribution in [0.1, 0.15) is 25.8 Å². The Morgan fingerprint density at radius 1 is 1.24 bits per heavy atom. The van der Waals surface area contributed by atoms with Gasteiger partial charge in [-0.15, -0.1) is 0 Å². The van der Waals surface area contributed by atoms with Crippen LogP contribution in [-0.4, -0.2) is 32.1 Å². The molecule has 1 rings (SSSR count). The number of amides is 1. The second kappa shape index (κ2) is 8.29. The highest BCUT2D eigenvalue weighted by atomic mass is 16.5. The summed E-state index contributed by atoms with van der Waals surface area (Å²) in [5.41, 5.74) is 1.02. The number of carbonyl (C=O) groups excluding carboxylic acids is 2. The molecule has 116 valence electrons. The summed E-state index contributed by atoms with van der Waals surface area (Å²) in [5.74, 6) is 0.169. The number of hydrogen-bond acceptors (Lipinski definition) is 4. The zero-order chi connectivity index (χ0) is 15.8. The zero-order valence-electron chi connectivity index (χ0n) is 13.0. The number of hydrogen-bond donors (Lipinski definition) is 1. The number of esters is 1. The van der Waals surface area contributed by atoms with Gasteiger partial charge >= 0.3 is 5.97 Å². The normalized spacial score (nSPS) is 11.9. The van der Waals surface area contributed by atoms with E-state index in [0.717, 1.165) is 11.3 Å². The van der Waals surface area contributed by atoms with Crippen LogP contribution < -0.4 is 10.1 Å². The number of nitrogens with one attached hydrogen (secondary N) is 1. The minimum Gasteiger partial charge on any atom is -0.497 e. The largest absolute Gasteiger partial charge is 0.497 e. The van der Waals surface area contributed by atoms with Crippen LogP contribution in [0.2, 0.25) is 0 Å². The highest BCUT2D eigenvalue weighted by Gasteiger charge is 2.24. The quantitative estimate of drug-likeness (QED) is 0.780. The number of rotatable bonds is 7. The maximum absolute atomic E-state index is 12.0. The third-order valence-electron chi connectivity index (χ3n) is 3.21. The van der Waals surface area contributed by atoms with E-state index in [1.54, 1.807) is 7.11 Å². The van der Waals surface area contributed by atoms with E-state index in [4.69, 9.17) is 9.47 Å². The van der Waals surface area contributed by atoms with Crippen molar-refractivity contribution in [3.8, 4) is 5.75 Å². The van der Waals surface area contributed by atoms with Crippen LogP contribution in [0.5, 0.6) is 5.75 Å².